The lowest BCUT2D eigenvalue weighted by Gasteiger charge is -2.22. The average molecular weight is 284 g/mol. The van der Waals surface area contributed by atoms with E-state index in [4.69, 9.17) is 5.11 Å². The second-order valence-electron chi connectivity index (χ2n) is 4.69. The Labute approximate surface area is 122 Å². The lowest BCUT2D eigenvalue weighted by Crippen LogP contribution is -2.33. The van der Waals surface area contributed by atoms with Gasteiger partial charge in [0.05, 0.1) is 12.0 Å². The molecule has 0 aliphatic rings. The van der Waals surface area contributed by atoms with E-state index in [-0.39, 0.29) is 18.9 Å². The van der Waals surface area contributed by atoms with Crippen LogP contribution < -0.4 is 4.90 Å². The fourth-order valence-electron chi connectivity index (χ4n) is 1.99. The number of aromatic nitrogens is 1. The first-order chi connectivity index (χ1) is 10.1. The summed E-state index contributed by atoms with van der Waals surface area (Å²) in [6.45, 7) is 1.97. The number of anilines is 1. The Balaban J connectivity index is 2.30. The molecule has 0 atom stereocenters. The van der Waals surface area contributed by atoms with Crippen LogP contribution in [0.5, 0.6) is 0 Å². The quantitative estimate of drug-likeness (QED) is 0.915. The van der Waals surface area contributed by atoms with Crippen molar-refractivity contribution in [1.29, 1.82) is 0 Å². The van der Waals surface area contributed by atoms with Crippen LogP contribution in [0.4, 0.5) is 5.69 Å². The Morgan fingerprint density at radius 1 is 1.19 bits per heavy atom. The predicted molar refractivity (Wildman–Crippen MR) is 79.3 cm³/mol. The molecule has 0 saturated heterocycles. The Morgan fingerprint density at radius 2 is 1.90 bits per heavy atom. The van der Waals surface area contributed by atoms with E-state index in [0.717, 1.165) is 5.56 Å². The van der Waals surface area contributed by atoms with Gasteiger partial charge >= 0.3 is 5.97 Å². The molecule has 0 aliphatic carbocycles. The van der Waals surface area contributed by atoms with Gasteiger partial charge in [-0.05, 0) is 30.7 Å². The number of carbonyl (C=O) groups excluding carboxylic acids is 1. The van der Waals surface area contributed by atoms with E-state index >= 15 is 0 Å². The van der Waals surface area contributed by atoms with Crippen molar-refractivity contribution in [3.63, 3.8) is 0 Å². The maximum Gasteiger partial charge on any atom is 0.305 e. The van der Waals surface area contributed by atoms with Crippen molar-refractivity contribution >= 4 is 17.6 Å². The maximum atomic E-state index is 12.6. The molecule has 21 heavy (non-hydrogen) atoms. The summed E-state index contributed by atoms with van der Waals surface area (Å²) in [6, 6.07) is 10.8. The van der Waals surface area contributed by atoms with Crippen LogP contribution in [0.2, 0.25) is 0 Å². The van der Waals surface area contributed by atoms with Crippen molar-refractivity contribution in [2.45, 2.75) is 13.3 Å². The number of benzene rings is 1. The van der Waals surface area contributed by atoms with Crippen LogP contribution in [0.25, 0.3) is 0 Å². The summed E-state index contributed by atoms with van der Waals surface area (Å²) in [5, 5.41) is 8.86. The largest absolute Gasteiger partial charge is 0.481 e. The molecule has 5 nitrogen and oxygen atoms in total. The van der Waals surface area contributed by atoms with Gasteiger partial charge in [0.2, 0.25) is 0 Å². The van der Waals surface area contributed by atoms with Crippen molar-refractivity contribution in [2.24, 2.45) is 0 Å². The highest BCUT2D eigenvalue weighted by Crippen LogP contribution is 2.17. The zero-order chi connectivity index (χ0) is 15.2. The molecule has 5 heteroatoms. The number of aliphatic carboxylic acids is 1. The molecule has 0 bridgehead atoms. The number of nitrogens with zero attached hydrogens (tertiary/aromatic N) is 2. The van der Waals surface area contributed by atoms with E-state index in [2.05, 4.69) is 4.98 Å². The smallest absolute Gasteiger partial charge is 0.305 e. The summed E-state index contributed by atoms with van der Waals surface area (Å²) in [7, 11) is 0. The Morgan fingerprint density at radius 3 is 2.52 bits per heavy atom. The zero-order valence-electron chi connectivity index (χ0n) is 11.7. The van der Waals surface area contributed by atoms with Crippen LogP contribution in [0.3, 0.4) is 0 Å². The fraction of sp³-hybridized carbons (Fsp3) is 0.188. The zero-order valence-corrected chi connectivity index (χ0v) is 11.7. The fourth-order valence-corrected chi connectivity index (χ4v) is 1.99. The molecule has 0 unspecified atom stereocenters. The van der Waals surface area contributed by atoms with Gasteiger partial charge in [-0.2, -0.15) is 0 Å². The van der Waals surface area contributed by atoms with Crippen LogP contribution in [-0.2, 0) is 4.79 Å². The highest BCUT2D eigenvalue weighted by molar-refractivity contribution is 6.06. The van der Waals surface area contributed by atoms with Gasteiger partial charge < -0.3 is 10.0 Å². The molecule has 0 fully saturated rings. The lowest BCUT2D eigenvalue weighted by atomic mass is 10.1. The average Bonchev–Trinajstić information content (AvgIpc) is 2.48. The van der Waals surface area contributed by atoms with Crippen LogP contribution in [0, 0.1) is 6.92 Å². The van der Waals surface area contributed by atoms with E-state index in [0.29, 0.717) is 11.3 Å². The molecule has 2 rings (SSSR count). The number of hydrogen-bond acceptors (Lipinski definition) is 3. The van der Waals surface area contributed by atoms with E-state index in [1.165, 1.54) is 11.1 Å². The van der Waals surface area contributed by atoms with Gasteiger partial charge in [0, 0.05) is 24.6 Å². The van der Waals surface area contributed by atoms with Crippen molar-refractivity contribution in [3.05, 3.63) is 59.9 Å². The minimum atomic E-state index is -0.939. The van der Waals surface area contributed by atoms with E-state index in [9.17, 15) is 9.59 Å². The summed E-state index contributed by atoms with van der Waals surface area (Å²) < 4.78 is 0. The van der Waals surface area contributed by atoms with Crippen LogP contribution in [-0.4, -0.2) is 28.5 Å². The molecule has 1 aromatic heterocycles. The standard InChI is InChI=1S/C16H16N2O3/c1-12-9-13(11-17-10-12)16(21)18(8-7-15(19)20)14-5-3-2-4-6-14/h2-6,9-11H,7-8H2,1H3,(H,19,20). The molecule has 0 aliphatic heterocycles. The molecule has 1 amide bonds. The molecule has 1 N–H and O–H groups in total. The van der Waals surface area contributed by atoms with Gasteiger partial charge in [-0.1, -0.05) is 18.2 Å². The van der Waals surface area contributed by atoms with Crippen LogP contribution in [0.15, 0.2) is 48.8 Å². The maximum absolute atomic E-state index is 12.6. The minimum Gasteiger partial charge on any atom is -0.481 e. The van der Waals surface area contributed by atoms with Gasteiger partial charge in [-0.15, -0.1) is 0 Å². The van der Waals surface area contributed by atoms with Gasteiger partial charge in [-0.3, -0.25) is 14.6 Å². The van der Waals surface area contributed by atoms with E-state index in [1.807, 2.05) is 25.1 Å². The number of carboxylic acids is 1. The minimum absolute atomic E-state index is 0.111. The summed E-state index contributed by atoms with van der Waals surface area (Å²) in [5.74, 6) is -1.19. The van der Waals surface area contributed by atoms with Crippen molar-refractivity contribution in [3.8, 4) is 0 Å². The normalized spacial score (nSPS) is 10.1. The molecule has 0 saturated carbocycles. The van der Waals surface area contributed by atoms with Crippen molar-refractivity contribution < 1.29 is 14.7 Å². The van der Waals surface area contributed by atoms with Crippen molar-refractivity contribution in [2.75, 3.05) is 11.4 Å². The third kappa shape index (κ3) is 3.89. The number of aryl methyl sites for hydroxylation is 1. The van der Waals surface area contributed by atoms with Crippen molar-refractivity contribution in [1.82, 2.24) is 4.98 Å². The van der Waals surface area contributed by atoms with Gasteiger partial charge in [0.15, 0.2) is 0 Å². The highest BCUT2D eigenvalue weighted by atomic mass is 16.4. The number of pyridine rings is 1. The molecule has 1 aromatic carbocycles. The molecule has 2 aromatic rings. The molecular formula is C16H16N2O3. The second kappa shape index (κ2) is 6.65. The first-order valence-electron chi connectivity index (χ1n) is 6.58. The third-order valence-electron chi connectivity index (χ3n) is 2.98. The first kappa shape index (κ1) is 14.7. The Bertz CT molecular complexity index is 641. The first-order valence-corrected chi connectivity index (χ1v) is 6.58. The highest BCUT2D eigenvalue weighted by Gasteiger charge is 2.18. The summed E-state index contributed by atoms with van der Waals surface area (Å²) >= 11 is 0. The van der Waals surface area contributed by atoms with E-state index < -0.39 is 5.97 Å². The number of para-hydroxylation sites is 1. The monoisotopic (exact) mass is 284 g/mol. The van der Waals surface area contributed by atoms with Gasteiger partial charge in [-0.25, -0.2) is 0 Å². The Hall–Kier alpha value is -2.69. The molecule has 1 heterocycles. The second-order valence-corrected chi connectivity index (χ2v) is 4.69. The lowest BCUT2D eigenvalue weighted by molar-refractivity contribution is -0.136. The third-order valence-corrected chi connectivity index (χ3v) is 2.98. The molecule has 108 valence electrons. The summed E-state index contributed by atoms with van der Waals surface area (Å²) in [4.78, 5) is 28.9. The number of carboxylic acid groups (broad SMARTS) is 1. The van der Waals surface area contributed by atoms with Gasteiger partial charge in [0.25, 0.3) is 5.91 Å². The van der Waals surface area contributed by atoms with Gasteiger partial charge in [0.1, 0.15) is 0 Å². The number of amides is 1. The van der Waals surface area contributed by atoms with Crippen LogP contribution in [0.1, 0.15) is 22.3 Å². The molecule has 0 spiro atoms. The topological polar surface area (TPSA) is 70.5 Å². The van der Waals surface area contributed by atoms with E-state index in [1.54, 1.807) is 24.4 Å². The molecule has 0 radical (unpaired) electrons. The summed E-state index contributed by atoms with van der Waals surface area (Å²) in [5.41, 5.74) is 2.00. The SMILES string of the molecule is Cc1cncc(C(=O)N(CCC(=O)O)c2ccccc2)c1. The number of rotatable bonds is 5. The molecular weight excluding hydrogens is 268 g/mol. The number of carbonyl (C=O) groups is 2. The summed E-state index contributed by atoms with van der Waals surface area (Å²) in [6.07, 6.45) is 3.05. The Kier molecular flexibility index (Phi) is 4.66. The van der Waals surface area contributed by atoms with Crippen LogP contribution >= 0.6 is 0 Å². The number of hydrogen-bond donors (Lipinski definition) is 1. The predicted octanol–water partition coefficient (Wildman–Crippen LogP) is 2.51.